The van der Waals surface area contributed by atoms with E-state index < -0.39 is 0 Å². The molecule has 3 aromatic carbocycles. The topological polar surface area (TPSA) is 47.6 Å². The first-order valence-electron chi connectivity index (χ1n) is 9.36. The first kappa shape index (κ1) is 19.5. The van der Waals surface area contributed by atoms with Crippen molar-refractivity contribution in [3.05, 3.63) is 89.5 Å². The number of hydrogen-bond acceptors (Lipinski definition) is 3. The second kappa shape index (κ2) is 9.60. The van der Waals surface area contributed by atoms with Crippen molar-refractivity contribution in [1.29, 1.82) is 0 Å². The summed E-state index contributed by atoms with van der Waals surface area (Å²) >= 11 is 0. The van der Waals surface area contributed by atoms with E-state index in [1.54, 1.807) is 0 Å². The number of aryl methyl sites for hydroxylation is 2. The average molecular weight is 375 g/mol. The molecular formula is C24H25NO3. The van der Waals surface area contributed by atoms with Crippen LogP contribution in [0.5, 0.6) is 11.5 Å². The summed E-state index contributed by atoms with van der Waals surface area (Å²) in [5.74, 6) is 1.22. The molecule has 3 aromatic rings. The lowest BCUT2D eigenvalue weighted by Crippen LogP contribution is -2.20. The highest BCUT2D eigenvalue weighted by Crippen LogP contribution is 2.19. The third kappa shape index (κ3) is 6.16. The smallest absolute Gasteiger partial charge is 0.262 e. The predicted molar refractivity (Wildman–Crippen MR) is 112 cm³/mol. The number of anilines is 1. The molecule has 144 valence electrons. The standard InChI is InChI=1S/C24H25NO3/c1-18-13-19(2)15-23(14-18)28-17-24(26)25-21-9-6-10-22(16-21)27-12-11-20-7-4-3-5-8-20/h3-10,13-16H,11-12,17H2,1-2H3,(H,25,26). The molecule has 28 heavy (non-hydrogen) atoms. The molecule has 4 nitrogen and oxygen atoms in total. The van der Waals surface area contributed by atoms with Crippen LogP contribution in [-0.4, -0.2) is 19.1 Å². The maximum Gasteiger partial charge on any atom is 0.262 e. The molecule has 0 atom stereocenters. The summed E-state index contributed by atoms with van der Waals surface area (Å²) in [5.41, 5.74) is 4.13. The second-order valence-corrected chi connectivity index (χ2v) is 6.77. The van der Waals surface area contributed by atoms with Crippen LogP contribution in [0, 0.1) is 13.8 Å². The third-order valence-electron chi connectivity index (χ3n) is 4.19. The van der Waals surface area contributed by atoms with E-state index in [9.17, 15) is 4.79 Å². The van der Waals surface area contributed by atoms with Gasteiger partial charge in [0.15, 0.2) is 6.61 Å². The number of hydrogen-bond donors (Lipinski definition) is 1. The highest BCUT2D eigenvalue weighted by atomic mass is 16.5. The molecule has 0 aliphatic carbocycles. The summed E-state index contributed by atoms with van der Waals surface area (Å²) in [7, 11) is 0. The number of nitrogens with one attached hydrogen (secondary N) is 1. The Kier molecular flexibility index (Phi) is 6.68. The fraction of sp³-hybridized carbons (Fsp3) is 0.208. The van der Waals surface area contributed by atoms with Crippen LogP contribution in [0.25, 0.3) is 0 Å². The molecule has 0 radical (unpaired) electrons. The van der Waals surface area contributed by atoms with Crippen LogP contribution in [0.3, 0.4) is 0 Å². The van der Waals surface area contributed by atoms with E-state index in [0.29, 0.717) is 18.0 Å². The number of carbonyl (C=O) groups excluding carboxylic acids is 1. The molecule has 0 unspecified atom stereocenters. The van der Waals surface area contributed by atoms with Gasteiger partial charge in [-0.2, -0.15) is 0 Å². The Balaban J connectivity index is 1.48. The van der Waals surface area contributed by atoms with Crippen LogP contribution in [0.4, 0.5) is 5.69 Å². The van der Waals surface area contributed by atoms with Gasteiger partial charge in [0.1, 0.15) is 11.5 Å². The molecule has 3 rings (SSSR count). The maximum absolute atomic E-state index is 12.2. The molecule has 0 saturated carbocycles. The van der Waals surface area contributed by atoms with Gasteiger partial charge in [-0.25, -0.2) is 0 Å². The number of carbonyl (C=O) groups is 1. The molecule has 0 fully saturated rings. The van der Waals surface area contributed by atoms with Gasteiger partial charge in [-0.3, -0.25) is 4.79 Å². The van der Waals surface area contributed by atoms with Gasteiger partial charge in [-0.15, -0.1) is 0 Å². The van der Waals surface area contributed by atoms with Gasteiger partial charge in [0, 0.05) is 18.2 Å². The van der Waals surface area contributed by atoms with Gasteiger partial charge in [-0.05, 0) is 54.8 Å². The molecule has 0 heterocycles. The molecule has 0 saturated heterocycles. The van der Waals surface area contributed by atoms with Gasteiger partial charge < -0.3 is 14.8 Å². The van der Waals surface area contributed by atoms with Crippen molar-refractivity contribution in [3.8, 4) is 11.5 Å². The fourth-order valence-corrected chi connectivity index (χ4v) is 2.96. The van der Waals surface area contributed by atoms with Gasteiger partial charge in [0.05, 0.1) is 6.61 Å². The predicted octanol–water partition coefficient (Wildman–Crippen LogP) is 4.94. The van der Waals surface area contributed by atoms with Crippen molar-refractivity contribution in [2.75, 3.05) is 18.5 Å². The lowest BCUT2D eigenvalue weighted by atomic mass is 10.1. The molecule has 0 spiro atoms. The highest BCUT2D eigenvalue weighted by Gasteiger charge is 2.06. The van der Waals surface area contributed by atoms with E-state index in [4.69, 9.17) is 9.47 Å². The Morgan fingerprint density at radius 2 is 1.57 bits per heavy atom. The van der Waals surface area contributed by atoms with Gasteiger partial charge in [0.2, 0.25) is 0 Å². The number of rotatable bonds is 8. The van der Waals surface area contributed by atoms with Crippen LogP contribution in [0.2, 0.25) is 0 Å². The van der Waals surface area contributed by atoms with E-state index >= 15 is 0 Å². The normalized spacial score (nSPS) is 10.4. The molecule has 1 N–H and O–H groups in total. The maximum atomic E-state index is 12.2. The van der Waals surface area contributed by atoms with Crippen LogP contribution >= 0.6 is 0 Å². The first-order chi connectivity index (χ1) is 13.6. The van der Waals surface area contributed by atoms with Crippen LogP contribution in [0.1, 0.15) is 16.7 Å². The van der Waals surface area contributed by atoms with Crippen molar-refractivity contribution in [1.82, 2.24) is 0 Å². The van der Waals surface area contributed by atoms with E-state index in [2.05, 4.69) is 23.5 Å². The molecule has 0 aliphatic rings. The molecule has 0 bridgehead atoms. The monoisotopic (exact) mass is 375 g/mol. The van der Waals surface area contributed by atoms with Crippen molar-refractivity contribution in [2.45, 2.75) is 20.3 Å². The van der Waals surface area contributed by atoms with Crippen LogP contribution < -0.4 is 14.8 Å². The molecule has 4 heteroatoms. The Morgan fingerprint density at radius 3 is 2.32 bits per heavy atom. The zero-order valence-corrected chi connectivity index (χ0v) is 16.3. The Bertz CT molecular complexity index is 902. The summed E-state index contributed by atoms with van der Waals surface area (Å²) in [6, 6.07) is 23.5. The first-order valence-corrected chi connectivity index (χ1v) is 9.36. The number of benzene rings is 3. The summed E-state index contributed by atoms with van der Waals surface area (Å²) in [6.07, 6.45) is 0.834. The SMILES string of the molecule is Cc1cc(C)cc(OCC(=O)Nc2cccc(OCCc3ccccc3)c2)c1. The van der Waals surface area contributed by atoms with Crippen LogP contribution in [0.15, 0.2) is 72.8 Å². The number of amides is 1. The minimum atomic E-state index is -0.208. The van der Waals surface area contributed by atoms with Crippen molar-refractivity contribution < 1.29 is 14.3 Å². The van der Waals surface area contributed by atoms with Crippen LogP contribution in [-0.2, 0) is 11.2 Å². The number of ether oxygens (including phenoxy) is 2. The lowest BCUT2D eigenvalue weighted by molar-refractivity contribution is -0.118. The fourth-order valence-electron chi connectivity index (χ4n) is 2.96. The summed E-state index contributed by atoms with van der Waals surface area (Å²) in [5, 5.41) is 2.85. The quantitative estimate of drug-likeness (QED) is 0.606. The van der Waals surface area contributed by atoms with Gasteiger partial charge in [0.25, 0.3) is 5.91 Å². The average Bonchev–Trinajstić information content (AvgIpc) is 2.67. The molecule has 0 aromatic heterocycles. The van der Waals surface area contributed by atoms with Crippen molar-refractivity contribution in [2.24, 2.45) is 0 Å². The van der Waals surface area contributed by atoms with E-state index in [1.807, 2.05) is 68.4 Å². The Hall–Kier alpha value is -3.27. The summed E-state index contributed by atoms with van der Waals surface area (Å²) in [4.78, 5) is 12.2. The largest absolute Gasteiger partial charge is 0.493 e. The van der Waals surface area contributed by atoms with Gasteiger partial charge >= 0.3 is 0 Å². The third-order valence-corrected chi connectivity index (χ3v) is 4.19. The zero-order valence-electron chi connectivity index (χ0n) is 16.3. The van der Waals surface area contributed by atoms with E-state index in [0.717, 1.165) is 23.3 Å². The highest BCUT2D eigenvalue weighted by molar-refractivity contribution is 5.92. The Labute approximate surface area is 166 Å². The zero-order chi connectivity index (χ0) is 19.8. The van der Waals surface area contributed by atoms with Crippen molar-refractivity contribution >= 4 is 11.6 Å². The second-order valence-electron chi connectivity index (χ2n) is 6.77. The Morgan fingerprint density at radius 1 is 0.821 bits per heavy atom. The summed E-state index contributed by atoms with van der Waals surface area (Å²) in [6.45, 7) is 4.55. The minimum absolute atomic E-state index is 0.0397. The molecule has 1 amide bonds. The minimum Gasteiger partial charge on any atom is -0.493 e. The van der Waals surface area contributed by atoms with Gasteiger partial charge in [-0.1, -0.05) is 42.5 Å². The molecule has 0 aliphatic heterocycles. The van der Waals surface area contributed by atoms with Crippen molar-refractivity contribution in [3.63, 3.8) is 0 Å². The lowest BCUT2D eigenvalue weighted by Gasteiger charge is -2.11. The van der Waals surface area contributed by atoms with E-state index in [1.165, 1.54) is 5.56 Å². The molecular weight excluding hydrogens is 350 g/mol. The summed E-state index contributed by atoms with van der Waals surface area (Å²) < 4.78 is 11.4. The van der Waals surface area contributed by atoms with E-state index in [-0.39, 0.29) is 12.5 Å².